The molecule has 30 heavy (non-hydrogen) atoms. The van der Waals surface area contributed by atoms with Crippen LogP contribution in [0.25, 0.3) is 11.6 Å². The van der Waals surface area contributed by atoms with Crippen LogP contribution in [0.3, 0.4) is 0 Å². The minimum Gasteiger partial charge on any atom is -0.221 e. The molecule has 0 N–H and O–H groups in total. The number of ketones is 1. The van der Waals surface area contributed by atoms with Gasteiger partial charge in [0.2, 0.25) is 0 Å². The van der Waals surface area contributed by atoms with Crippen molar-refractivity contribution in [2.24, 2.45) is 5.92 Å². The first-order valence-electron chi connectivity index (χ1n) is 10.0. The van der Waals surface area contributed by atoms with Crippen molar-refractivity contribution in [2.75, 3.05) is 0 Å². The van der Waals surface area contributed by atoms with E-state index in [1.807, 2.05) is 13.0 Å². The predicted octanol–water partition coefficient (Wildman–Crippen LogP) is 6.39. The predicted molar refractivity (Wildman–Crippen MR) is 119 cm³/mol. The molecule has 1 aliphatic heterocycles. The average Bonchev–Trinajstić information content (AvgIpc) is 3.16. The zero-order valence-corrected chi connectivity index (χ0v) is 18.8. The van der Waals surface area contributed by atoms with Crippen molar-refractivity contribution in [1.82, 2.24) is 0 Å². The fourth-order valence-electron chi connectivity index (χ4n) is 4.23. The SMILES string of the molecule is CC1=CC2C(c3ccccc3)=[C-]/C(=C\c3ccccc3)C(c3ccccc3)C2=[O+]1.[Au+]. The van der Waals surface area contributed by atoms with E-state index in [1.165, 1.54) is 22.3 Å². The second kappa shape index (κ2) is 8.97. The van der Waals surface area contributed by atoms with Crippen LogP contribution in [0.5, 0.6) is 0 Å². The quantitative estimate of drug-likeness (QED) is 0.196. The monoisotopic (exact) mass is 571 g/mol. The van der Waals surface area contributed by atoms with Crippen molar-refractivity contribution in [3.8, 4) is 0 Å². The number of rotatable bonds is 3. The molecule has 2 aliphatic rings. The maximum atomic E-state index is 6.33. The summed E-state index contributed by atoms with van der Waals surface area (Å²) in [6, 6.07) is 31.6. The van der Waals surface area contributed by atoms with Crippen LogP contribution in [-0.4, -0.2) is 5.78 Å². The van der Waals surface area contributed by atoms with E-state index in [2.05, 4.69) is 103 Å². The molecule has 1 nitrogen and oxygen atoms in total. The molecular weight excluding hydrogens is 549 g/mol. The Balaban J connectivity index is 0.00000218. The van der Waals surface area contributed by atoms with Gasteiger partial charge in [-0.1, -0.05) is 84.4 Å². The van der Waals surface area contributed by atoms with Crippen LogP contribution in [0.2, 0.25) is 0 Å². The molecule has 0 spiro atoms. The third-order valence-corrected chi connectivity index (χ3v) is 5.51. The van der Waals surface area contributed by atoms with Gasteiger partial charge in [0.15, 0.2) is 0 Å². The number of carbonyl (C=O) groups excluding carboxylic acids is 1. The van der Waals surface area contributed by atoms with E-state index < -0.39 is 0 Å². The smallest absolute Gasteiger partial charge is 0.221 e. The molecule has 0 radical (unpaired) electrons. The van der Waals surface area contributed by atoms with Crippen molar-refractivity contribution in [2.45, 2.75) is 12.8 Å². The fourth-order valence-corrected chi connectivity index (χ4v) is 4.23. The summed E-state index contributed by atoms with van der Waals surface area (Å²) in [6.07, 6.45) is 8.25. The summed E-state index contributed by atoms with van der Waals surface area (Å²) >= 11 is 0. The number of allylic oxidation sites excluding steroid dienone is 5. The molecule has 1 heterocycles. The standard InChI is InChI=1S/C28H22O.Au/c1-20-17-26-25(22-13-7-3-8-14-22)19-24(18-21-11-5-2-6-12-21)27(28(26)29-20)23-15-9-4-10-16-23;/h2-18,26-27H,1H3;/q;+1/b24-18+;. The van der Waals surface area contributed by atoms with Gasteiger partial charge < -0.3 is 0 Å². The molecule has 2 heteroatoms. The third-order valence-electron chi connectivity index (χ3n) is 5.51. The molecular formula is C28H22AuO+. The van der Waals surface area contributed by atoms with Crippen LogP contribution < -0.4 is 0 Å². The Kier molecular flexibility index (Phi) is 6.15. The van der Waals surface area contributed by atoms with E-state index in [0.717, 1.165) is 17.1 Å². The Labute approximate surface area is 193 Å². The molecule has 0 aromatic heterocycles. The molecule has 3 aromatic rings. The summed E-state index contributed by atoms with van der Waals surface area (Å²) in [4.78, 5) is 0. The second-order valence-electron chi connectivity index (χ2n) is 7.52. The molecule has 1 aliphatic carbocycles. The van der Waals surface area contributed by atoms with E-state index in [9.17, 15) is 0 Å². The Morgan fingerprint density at radius 1 is 0.800 bits per heavy atom. The van der Waals surface area contributed by atoms with Crippen LogP contribution in [0, 0.1) is 12.0 Å². The summed E-state index contributed by atoms with van der Waals surface area (Å²) < 4.78 is 6.33. The van der Waals surface area contributed by atoms with Gasteiger partial charge in [-0.2, -0.15) is 6.08 Å². The summed E-state index contributed by atoms with van der Waals surface area (Å²) in [7, 11) is 0. The molecule has 0 bridgehead atoms. The maximum Gasteiger partial charge on any atom is 1.00 e. The van der Waals surface area contributed by atoms with Crippen LogP contribution in [0.4, 0.5) is 0 Å². The Bertz CT molecular complexity index is 1140. The summed E-state index contributed by atoms with van der Waals surface area (Å²) in [5.74, 6) is 2.22. The molecule has 0 amide bonds. The average molecular weight is 571 g/mol. The van der Waals surface area contributed by atoms with Gasteiger partial charge in [0, 0.05) is 6.08 Å². The van der Waals surface area contributed by atoms with Gasteiger partial charge in [-0.3, -0.25) is 0 Å². The van der Waals surface area contributed by atoms with E-state index in [4.69, 9.17) is 4.42 Å². The minimum atomic E-state index is 0. The van der Waals surface area contributed by atoms with E-state index in [0.29, 0.717) is 0 Å². The fraction of sp³-hybridized carbons (Fsp3) is 0.107. The molecule has 2 atom stereocenters. The van der Waals surface area contributed by atoms with Crippen LogP contribution in [0.1, 0.15) is 29.5 Å². The van der Waals surface area contributed by atoms with Gasteiger partial charge in [-0.05, 0) is 5.56 Å². The van der Waals surface area contributed by atoms with Crippen molar-refractivity contribution >= 4 is 17.4 Å². The number of hydrogen-bond donors (Lipinski definition) is 0. The molecule has 5 rings (SSSR count). The first-order valence-corrected chi connectivity index (χ1v) is 10.0. The van der Waals surface area contributed by atoms with Crippen LogP contribution in [-0.2, 0) is 26.8 Å². The van der Waals surface area contributed by atoms with Gasteiger partial charge in [-0.15, -0.1) is 34.9 Å². The minimum absolute atomic E-state index is 0. The Morgan fingerprint density at radius 3 is 2.07 bits per heavy atom. The van der Waals surface area contributed by atoms with Crippen LogP contribution in [0.15, 0.2) is 108 Å². The maximum absolute atomic E-state index is 6.33. The Morgan fingerprint density at radius 2 is 1.40 bits per heavy atom. The van der Waals surface area contributed by atoms with E-state index >= 15 is 0 Å². The Hall–Kier alpha value is -2.71. The molecule has 0 saturated carbocycles. The van der Waals surface area contributed by atoms with Gasteiger partial charge in [0.05, 0.1) is 12.8 Å². The van der Waals surface area contributed by atoms with Crippen molar-refractivity contribution in [1.29, 1.82) is 0 Å². The zero-order valence-electron chi connectivity index (χ0n) is 16.7. The van der Waals surface area contributed by atoms with Gasteiger partial charge in [0.25, 0.3) is 0 Å². The first-order chi connectivity index (χ1) is 14.3. The number of benzene rings is 3. The molecule has 150 valence electrons. The first kappa shape index (κ1) is 20.6. The summed E-state index contributed by atoms with van der Waals surface area (Å²) in [5.41, 5.74) is 5.90. The van der Waals surface area contributed by atoms with Gasteiger partial charge in [0.1, 0.15) is 5.92 Å². The topological polar surface area (TPSA) is 11.3 Å². The largest absolute Gasteiger partial charge is 1.00 e. The third kappa shape index (κ3) is 3.97. The normalized spacial score (nSPS) is 21.2. The van der Waals surface area contributed by atoms with Crippen LogP contribution >= 0.6 is 0 Å². The van der Waals surface area contributed by atoms with Crippen molar-refractivity contribution < 1.29 is 26.8 Å². The molecule has 0 saturated heterocycles. The van der Waals surface area contributed by atoms with Gasteiger partial charge in [-0.25, -0.2) is 4.42 Å². The summed E-state index contributed by atoms with van der Waals surface area (Å²) in [5, 5.41) is 0. The van der Waals surface area contributed by atoms with E-state index in [1.54, 1.807) is 0 Å². The van der Waals surface area contributed by atoms with Crippen molar-refractivity contribution in [3.05, 3.63) is 131 Å². The second-order valence-corrected chi connectivity index (χ2v) is 7.52. The zero-order chi connectivity index (χ0) is 19.6. The van der Waals surface area contributed by atoms with Gasteiger partial charge >= 0.3 is 33.9 Å². The molecule has 0 fully saturated rings. The van der Waals surface area contributed by atoms with E-state index in [-0.39, 0.29) is 34.2 Å². The molecule has 3 aromatic carbocycles. The van der Waals surface area contributed by atoms with Crippen molar-refractivity contribution in [3.63, 3.8) is 0 Å². The summed E-state index contributed by atoms with van der Waals surface area (Å²) in [6.45, 7) is 2.04. The number of fused-ring (bicyclic) bond motifs is 1. The molecule has 2 unspecified atom stereocenters. The number of hydrogen-bond acceptors (Lipinski definition) is 0.